The molecule has 0 unspecified atom stereocenters. The fraction of sp³-hybridized carbons (Fsp3) is 0.250. The molecule has 0 spiro atoms. The van der Waals surface area contributed by atoms with Crippen LogP contribution in [0.25, 0.3) is 29.1 Å². The molecule has 0 amide bonds. The molecule has 3 heterocycles. The van der Waals surface area contributed by atoms with Gasteiger partial charge in [0.05, 0.1) is 38.2 Å². The van der Waals surface area contributed by atoms with E-state index in [1.165, 1.54) is 34.4 Å². The Hall–Kier alpha value is -3.31. The van der Waals surface area contributed by atoms with E-state index in [1.807, 2.05) is 100.0 Å². The van der Waals surface area contributed by atoms with Crippen molar-refractivity contribution < 1.29 is 30.5 Å². The van der Waals surface area contributed by atoms with Crippen LogP contribution in [0.5, 0.6) is 0 Å². The molecular weight excluding hydrogens is 699 g/mol. The largest absolute Gasteiger partial charge is 0.335 e. The first-order valence-electron chi connectivity index (χ1n) is 14.7. The average Bonchev–Trinajstić information content (AvgIpc) is 3.71. The molecule has 5 rings (SSSR count). The van der Waals surface area contributed by atoms with Gasteiger partial charge in [-0.15, -0.1) is 11.3 Å². The van der Waals surface area contributed by atoms with E-state index in [4.69, 9.17) is 0 Å². The standard InChI is InChI=1S/C32H33N3O7S5/c1-2-33-31(21-30-35(18-10-20-47(40,41)42)27(23-44-30)25-13-7-4-8-14-25)45-28(32(33)36)15-16-29-34(17-9-19-46(37,38)39)26(22-43-29)24-11-5-3-6-12-24/h3-8,11-16,21-23H,2,9-10,17-20H2,1H3,(H-,37,38,39,40,41,42)/p+1. The first-order valence-corrected chi connectivity index (χ1v) is 20.5. The highest BCUT2D eigenvalue weighted by Crippen LogP contribution is 2.39. The summed E-state index contributed by atoms with van der Waals surface area (Å²) in [5.74, 6) is -0.718. The Bertz CT molecular complexity index is 2190. The predicted molar refractivity (Wildman–Crippen MR) is 190 cm³/mol. The van der Waals surface area contributed by atoms with Gasteiger partial charge in [0.1, 0.15) is 4.66 Å². The highest BCUT2D eigenvalue weighted by atomic mass is 32.2. The van der Waals surface area contributed by atoms with Gasteiger partial charge in [-0.25, -0.2) is 0 Å². The Kier molecular flexibility index (Phi) is 11.4. The maximum atomic E-state index is 13.5. The maximum Gasteiger partial charge on any atom is 0.269 e. The fourth-order valence-corrected chi connectivity index (χ4v) is 9.18. The molecule has 0 bridgehead atoms. The lowest BCUT2D eigenvalue weighted by Crippen LogP contribution is -2.38. The van der Waals surface area contributed by atoms with Gasteiger partial charge in [0.2, 0.25) is 5.69 Å². The fourth-order valence-electron chi connectivity index (χ4n) is 5.11. The maximum absolute atomic E-state index is 13.5. The van der Waals surface area contributed by atoms with E-state index in [0.717, 1.165) is 37.2 Å². The smallest absolute Gasteiger partial charge is 0.269 e. The Morgan fingerprint density at radius 3 is 2.15 bits per heavy atom. The molecule has 0 saturated heterocycles. The Labute approximate surface area is 285 Å². The summed E-state index contributed by atoms with van der Waals surface area (Å²) in [5.41, 5.74) is 3.60. The number of nitrogens with zero attached hydrogens (tertiary/aromatic N) is 3. The summed E-state index contributed by atoms with van der Waals surface area (Å²) in [6, 6.07) is 19.5. The quantitative estimate of drug-likeness (QED) is 0.154. The van der Waals surface area contributed by atoms with Crippen molar-refractivity contribution in [2.45, 2.75) is 32.9 Å². The highest BCUT2D eigenvalue weighted by Gasteiger charge is 2.24. The third-order valence-electron chi connectivity index (χ3n) is 7.28. The van der Waals surface area contributed by atoms with E-state index >= 15 is 0 Å². The third-order valence-corrected chi connectivity index (χ3v) is 11.8. The first kappa shape index (κ1) is 35.0. The minimum absolute atomic E-state index is 0.143. The van der Waals surface area contributed by atoms with Crippen LogP contribution in [0.3, 0.4) is 0 Å². The normalized spacial score (nSPS) is 15.6. The number of allylic oxidation sites excluding steroid dienone is 1. The van der Waals surface area contributed by atoms with Crippen molar-refractivity contribution in [2.24, 2.45) is 0 Å². The molecule has 0 fully saturated rings. The molecular formula is C32H34N3O7S5+. The average molecular weight is 733 g/mol. The van der Waals surface area contributed by atoms with Gasteiger partial charge >= 0.3 is 0 Å². The molecule has 15 heteroatoms. The molecule has 248 valence electrons. The zero-order chi connectivity index (χ0) is 33.6. The second-order valence-corrected chi connectivity index (χ2v) is 16.6. The number of aromatic nitrogens is 2. The van der Waals surface area contributed by atoms with E-state index in [2.05, 4.69) is 0 Å². The van der Waals surface area contributed by atoms with Crippen molar-refractivity contribution in [1.82, 2.24) is 9.47 Å². The summed E-state index contributed by atoms with van der Waals surface area (Å²) >= 11 is 4.31. The van der Waals surface area contributed by atoms with Crippen LogP contribution >= 0.6 is 34.4 Å². The number of hydrogen-bond donors (Lipinski definition) is 2. The molecule has 1 aliphatic heterocycles. The number of benzene rings is 2. The van der Waals surface area contributed by atoms with Gasteiger partial charge in [0.15, 0.2) is 6.54 Å². The predicted octanol–water partition coefficient (Wildman–Crippen LogP) is 4.00. The Balaban J connectivity index is 1.52. The molecule has 2 aromatic carbocycles. The van der Waals surface area contributed by atoms with Crippen LogP contribution in [0.15, 0.2) is 87.4 Å². The Morgan fingerprint density at radius 2 is 1.51 bits per heavy atom. The van der Waals surface area contributed by atoms with Gasteiger partial charge < -0.3 is 4.90 Å². The molecule has 0 radical (unpaired) electrons. The first-order chi connectivity index (χ1) is 22.4. The van der Waals surface area contributed by atoms with Crippen LogP contribution in [0.4, 0.5) is 0 Å². The van der Waals surface area contributed by atoms with Crippen molar-refractivity contribution >= 4 is 72.5 Å². The van der Waals surface area contributed by atoms with E-state index in [1.54, 1.807) is 10.6 Å². The van der Waals surface area contributed by atoms with Crippen LogP contribution in [0, 0.1) is 0 Å². The number of thiazole rings is 2. The monoisotopic (exact) mass is 732 g/mol. The van der Waals surface area contributed by atoms with Crippen LogP contribution < -0.4 is 19.3 Å². The van der Waals surface area contributed by atoms with Crippen molar-refractivity contribution in [3.05, 3.63) is 113 Å². The van der Waals surface area contributed by atoms with Gasteiger partial charge in [-0.05, 0) is 43.2 Å². The second-order valence-electron chi connectivity index (χ2n) is 10.6. The van der Waals surface area contributed by atoms with Crippen molar-refractivity contribution in [2.75, 3.05) is 18.1 Å². The van der Waals surface area contributed by atoms with Crippen LogP contribution in [-0.2, 0) is 33.3 Å². The zero-order valence-electron chi connectivity index (χ0n) is 25.4. The van der Waals surface area contributed by atoms with E-state index in [9.17, 15) is 30.7 Å². The summed E-state index contributed by atoms with van der Waals surface area (Å²) in [6.07, 6.45) is 6.01. The summed E-state index contributed by atoms with van der Waals surface area (Å²) < 4.78 is 69.2. The molecule has 0 aliphatic carbocycles. The van der Waals surface area contributed by atoms with E-state index < -0.39 is 20.2 Å². The second kappa shape index (κ2) is 15.3. The minimum atomic E-state index is -4.11. The summed E-state index contributed by atoms with van der Waals surface area (Å²) in [4.78, 5) is 15.5. The van der Waals surface area contributed by atoms with Crippen molar-refractivity contribution in [3.8, 4) is 11.3 Å². The molecule has 4 aromatic rings. The zero-order valence-corrected chi connectivity index (χ0v) is 29.5. The number of hydrogen-bond acceptors (Lipinski definition) is 9. The third kappa shape index (κ3) is 9.19. The molecule has 2 aromatic heterocycles. The van der Waals surface area contributed by atoms with Gasteiger partial charge in [-0.1, -0.05) is 71.6 Å². The minimum Gasteiger partial charge on any atom is -0.335 e. The number of thioether (sulfide) groups is 1. The van der Waals surface area contributed by atoms with E-state index in [-0.39, 0.29) is 29.9 Å². The molecule has 1 aliphatic rings. The van der Waals surface area contributed by atoms with Crippen molar-refractivity contribution in [1.29, 1.82) is 0 Å². The van der Waals surface area contributed by atoms with Crippen LogP contribution in [-0.4, -0.2) is 53.5 Å². The molecule has 0 saturated carbocycles. The highest BCUT2D eigenvalue weighted by molar-refractivity contribution is 8.06. The SMILES string of the molecule is CCn1c(=O)c(=CC=C2SC=C(c3ccccc3)N2CCCS(=O)(=O)O)s/c1=C/c1scc(-c2ccccc2)[n+]1CCCS(=O)(=O)O. The van der Waals surface area contributed by atoms with Gasteiger partial charge in [0, 0.05) is 30.5 Å². The van der Waals surface area contributed by atoms with E-state index in [0.29, 0.717) is 24.2 Å². The van der Waals surface area contributed by atoms with Crippen LogP contribution in [0.1, 0.15) is 30.3 Å². The van der Waals surface area contributed by atoms with Crippen LogP contribution in [0.2, 0.25) is 0 Å². The summed E-state index contributed by atoms with van der Waals surface area (Å²) in [7, 11) is -8.21. The lowest BCUT2D eigenvalue weighted by atomic mass is 10.1. The summed E-state index contributed by atoms with van der Waals surface area (Å²) in [5, 5.41) is 5.64. The number of rotatable bonds is 13. The van der Waals surface area contributed by atoms with Gasteiger partial charge in [-0.3, -0.25) is 18.5 Å². The topological polar surface area (TPSA) is 138 Å². The molecule has 0 atom stereocenters. The van der Waals surface area contributed by atoms with Gasteiger partial charge in [0.25, 0.3) is 30.8 Å². The molecule has 2 N–H and O–H groups in total. The summed E-state index contributed by atoms with van der Waals surface area (Å²) in [6.45, 7) is 3.06. The Morgan fingerprint density at radius 1 is 0.872 bits per heavy atom. The lowest BCUT2D eigenvalue weighted by molar-refractivity contribution is -0.683. The molecule has 10 nitrogen and oxygen atoms in total. The van der Waals surface area contributed by atoms with Crippen molar-refractivity contribution in [3.63, 3.8) is 0 Å². The van der Waals surface area contributed by atoms with Gasteiger partial charge in [-0.2, -0.15) is 21.4 Å². The lowest BCUT2D eigenvalue weighted by Gasteiger charge is -2.23. The molecule has 47 heavy (non-hydrogen) atoms.